The van der Waals surface area contributed by atoms with E-state index in [1.165, 1.54) is 22.2 Å². The van der Waals surface area contributed by atoms with Crippen LogP contribution in [0.5, 0.6) is 11.5 Å². The van der Waals surface area contributed by atoms with Gasteiger partial charge < -0.3 is 24.1 Å². The van der Waals surface area contributed by atoms with Crippen molar-refractivity contribution in [2.45, 2.75) is 31.9 Å². The van der Waals surface area contributed by atoms with Gasteiger partial charge in [-0.2, -0.15) is 0 Å². The van der Waals surface area contributed by atoms with Gasteiger partial charge in [-0.1, -0.05) is 6.07 Å². The van der Waals surface area contributed by atoms with E-state index in [0.29, 0.717) is 0 Å². The molecule has 3 aromatic rings. The highest BCUT2D eigenvalue weighted by Gasteiger charge is 2.25. The lowest BCUT2D eigenvalue weighted by Gasteiger charge is -2.19. The highest BCUT2D eigenvalue weighted by atomic mass is 16.5. The van der Waals surface area contributed by atoms with Crippen molar-refractivity contribution in [3.63, 3.8) is 0 Å². The normalized spacial score (nSPS) is 16.6. The second-order valence-electron chi connectivity index (χ2n) is 7.60. The third kappa shape index (κ3) is 4.23. The largest absolute Gasteiger partial charge is 0.493 e. The van der Waals surface area contributed by atoms with Crippen LogP contribution in [0.1, 0.15) is 35.8 Å². The van der Waals surface area contributed by atoms with Gasteiger partial charge in [0, 0.05) is 31.3 Å². The molecule has 6 heteroatoms. The molecule has 4 rings (SSSR count). The Morgan fingerprint density at radius 2 is 2.07 bits per heavy atom. The smallest absolute Gasteiger partial charge is 0.160 e. The first-order chi connectivity index (χ1) is 14.2. The van der Waals surface area contributed by atoms with E-state index in [2.05, 4.69) is 40.1 Å². The van der Waals surface area contributed by atoms with E-state index in [0.717, 1.165) is 56.1 Å². The number of benzene rings is 1. The fraction of sp³-hybridized carbons (Fsp3) is 0.435. The molecule has 1 N–H and O–H groups in total. The lowest BCUT2D eigenvalue weighted by Crippen LogP contribution is -2.21. The minimum absolute atomic E-state index is 0.151. The summed E-state index contributed by atoms with van der Waals surface area (Å²) in [4.78, 5) is 10.4. The summed E-state index contributed by atoms with van der Waals surface area (Å²) in [5.74, 6) is 1.54. The highest BCUT2D eigenvalue weighted by Crippen LogP contribution is 2.34. The number of likely N-dealkylation sites (N-methyl/N-ethyl adjacent to an activating group) is 1. The number of hydrogen-bond donors (Lipinski definition) is 1. The molecule has 0 aliphatic carbocycles. The summed E-state index contributed by atoms with van der Waals surface area (Å²) >= 11 is 0. The Labute approximate surface area is 171 Å². The van der Waals surface area contributed by atoms with Crippen LogP contribution in [0.2, 0.25) is 0 Å². The minimum atomic E-state index is 0.151. The van der Waals surface area contributed by atoms with Crippen LogP contribution < -0.4 is 9.47 Å². The zero-order chi connectivity index (χ0) is 20.2. The third-order valence-corrected chi connectivity index (χ3v) is 5.62. The molecular weight excluding hydrogens is 366 g/mol. The Morgan fingerprint density at radius 3 is 2.83 bits per heavy atom. The molecule has 1 aromatic carbocycles. The molecule has 1 fully saturated rings. The summed E-state index contributed by atoms with van der Waals surface area (Å²) in [5.41, 5.74) is 4.67. The van der Waals surface area contributed by atoms with Crippen LogP contribution in [0, 0.1) is 0 Å². The van der Waals surface area contributed by atoms with Gasteiger partial charge in [0.25, 0.3) is 0 Å². The van der Waals surface area contributed by atoms with Crippen LogP contribution in [-0.4, -0.2) is 49.3 Å². The standard InChI is InChI=1S/C23H29N3O3/c1-26(12-10-16-8-9-19(27-2)21(14-16)28-3)15-18-17-6-4-11-24-23(17)25-22(18)20-7-5-13-29-20/h4,6,8-9,11,14,20H,5,7,10,12-13,15H2,1-3H3,(H,24,25)/t20-/m0/s1. The summed E-state index contributed by atoms with van der Waals surface area (Å²) in [6, 6.07) is 10.3. The second kappa shape index (κ2) is 8.84. The van der Waals surface area contributed by atoms with Gasteiger partial charge in [-0.15, -0.1) is 0 Å². The monoisotopic (exact) mass is 395 g/mol. The Kier molecular flexibility index (Phi) is 6.02. The van der Waals surface area contributed by atoms with Crippen LogP contribution in [0.25, 0.3) is 11.0 Å². The van der Waals surface area contributed by atoms with Crippen LogP contribution >= 0.6 is 0 Å². The predicted octanol–water partition coefficient (Wildman–Crippen LogP) is 4.11. The summed E-state index contributed by atoms with van der Waals surface area (Å²) < 4.78 is 16.7. The van der Waals surface area contributed by atoms with E-state index >= 15 is 0 Å². The van der Waals surface area contributed by atoms with Gasteiger partial charge in [-0.05, 0) is 61.7 Å². The SMILES string of the molecule is COc1ccc(CCN(C)Cc2c([C@@H]3CCCO3)[nH]c3ncccc23)cc1OC. The molecule has 1 aliphatic rings. The molecule has 0 spiro atoms. The average molecular weight is 396 g/mol. The van der Waals surface area contributed by atoms with Crippen molar-refractivity contribution in [3.05, 3.63) is 53.3 Å². The zero-order valence-corrected chi connectivity index (χ0v) is 17.4. The molecule has 3 heterocycles. The van der Waals surface area contributed by atoms with Gasteiger partial charge >= 0.3 is 0 Å². The van der Waals surface area contributed by atoms with E-state index in [4.69, 9.17) is 14.2 Å². The van der Waals surface area contributed by atoms with Crippen molar-refractivity contribution < 1.29 is 14.2 Å². The molecule has 154 valence electrons. The number of pyridine rings is 1. The highest BCUT2D eigenvalue weighted by molar-refractivity contribution is 5.81. The molecule has 2 aromatic heterocycles. The van der Waals surface area contributed by atoms with Crippen molar-refractivity contribution >= 4 is 11.0 Å². The maximum absolute atomic E-state index is 5.96. The number of nitrogens with one attached hydrogen (secondary N) is 1. The van der Waals surface area contributed by atoms with Crippen molar-refractivity contribution in [1.29, 1.82) is 0 Å². The number of hydrogen-bond acceptors (Lipinski definition) is 5. The molecule has 1 saturated heterocycles. The van der Waals surface area contributed by atoms with Gasteiger partial charge in [0.2, 0.25) is 0 Å². The number of methoxy groups -OCH3 is 2. The van der Waals surface area contributed by atoms with Crippen LogP contribution in [-0.2, 0) is 17.7 Å². The van der Waals surface area contributed by atoms with E-state index in [9.17, 15) is 0 Å². The van der Waals surface area contributed by atoms with Crippen molar-refractivity contribution in [2.75, 3.05) is 34.4 Å². The number of H-pyrrole nitrogens is 1. The quantitative estimate of drug-likeness (QED) is 0.622. The zero-order valence-electron chi connectivity index (χ0n) is 17.4. The number of aromatic amines is 1. The topological polar surface area (TPSA) is 59.6 Å². The Balaban J connectivity index is 1.49. The summed E-state index contributed by atoms with van der Waals surface area (Å²) in [6.07, 6.45) is 5.10. The van der Waals surface area contributed by atoms with Gasteiger partial charge in [0.1, 0.15) is 5.65 Å². The van der Waals surface area contributed by atoms with E-state index in [1.807, 2.05) is 18.3 Å². The fourth-order valence-electron chi connectivity index (χ4n) is 4.05. The Morgan fingerprint density at radius 1 is 1.21 bits per heavy atom. The fourth-order valence-corrected chi connectivity index (χ4v) is 4.05. The van der Waals surface area contributed by atoms with Crippen LogP contribution in [0.4, 0.5) is 0 Å². The molecule has 0 radical (unpaired) electrons. The molecular formula is C23H29N3O3. The molecule has 0 bridgehead atoms. The summed E-state index contributed by atoms with van der Waals surface area (Å²) in [6.45, 7) is 2.63. The summed E-state index contributed by atoms with van der Waals surface area (Å²) in [7, 11) is 5.49. The molecule has 1 aliphatic heterocycles. The first-order valence-corrected chi connectivity index (χ1v) is 10.2. The van der Waals surface area contributed by atoms with E-state index < -0.39 is 0 Å². The molecule has 0 unspecified atom stereocenters. The van der Waals surface area contributed by atoms with E-state index in [1.54, 1.807) is 14.2 Å². The predicted molar refractivity (Wildman–Crippen MR) is 114 cm³/mol. The van der Waals surface area contributed by atoms with Crippen molar-refractivity contribution in [3.8, 4) is 11.5 Å². The van der Waals surface area contributed by atoms with Gasteiger partial charge in [-0.25, -0.2) is 4.98 Å². The molecule has 29 heavy (non-hydrogen) atoms. The molecule has 0 amide bonds. The van der Waals surface area contributed by atoms with Crippen molar-refractivity contribution in [1.82, 2.24) is 14.9 Å². The maximum Gasteiger partial charge on any atom is 0.160 e. The maximum atomic E-state index is 5.96. The summed E-state index contributed by atoms with van der Waals surface area (Å²) in [5, 5.41) is 1.19. The third-order valence-electron chi connectivity index (χ3n) is 5.62. The van der Waals surface area contributed by atoms with Gasteiger partial charge in [-0.3, -0.25) is 0 Å². The first-order valence-electron chi connectivity index (χ1n) is 10.2. The molecule has 1 atom stereocenters. The number of aromatic nitrogens is 2. The lowest BCUT2D eigenvalue weighted by atomic mass is 10.1. The number of nitrogens with zero attached hydrogens (tertiary/aromatic N) is 2. The van der Waals surface area contributed by atoms with Gasteiger partial charge in [0.15, 0.2) is 11.5 Å². The number of ether oxygens (including phenoxy) is 3. The van der Waals surface area contributed by atoms with Crippen LogP contribution in [0.15, 0.2) is 36.5 Å². The first kappa shape index (κ1) is 19.7. The average Bonchev–Trinajstić information content (AvgIpc) is 3.40. The lowest BCUT2D eigenvalue weighted by molar-refractivity contribution is 0.108. The number of fused-ring (bicyclic) bond motifs is 1. The van der Waals surface area contributed by atoms with Crippen molar-refractivity contribution in [2.24, 2.45) is 0 Å². The van der Waals surface area contributed by atoms with Crippen LogP contribution in [0.3, 0.4) is 0 Å². The Hall–Kier alpha value is -2.57. The number of rotatable bonds is 8. The Bertz CT molecular complexity index is 963. The minimum Gasteiger partial charge on any atom is -0.493 e. The second-order valence-corrected chi connectivity index (χ2v) is 7.60. The molecule has 0 saturated carbocycles. The van der Waals surface area contributed by atoms with Gasteiger partial charge in [0.05, 0.1) is 26.0 Å². The van der Waals surface area contributed by atoms with E-state index in [-0.39, 0.29) is 6.10 Å². The molecule has 6 nitrogen and oxygen atoms in total.